The van der Waals surface area contributed by atoms with Gasteiger partial charge in [0, 0.05) is 5.56 Å². The number of nitrogens with two attached hydrogens (primary N) is 1. The Balaban J connectivity index is 1.99. The first-order valence-corrected chi connectivity index (χ1v) is 7.47. The van der Waals surface area contributed by atoms with Crippen molar-refractivity contribution in [1.82, 2.24) is 10.2 Å². The highest BCUT2D eigenvalue weighted by Crippen LogP contribution is 2.25. The Bertz CT molecular complexity index is 642. The second-order valence-corrected chi connectivity index (χ2v) is 6.15. The van der Waals surface area contributed by atoms with Crippen molar-refractivity contribution in [3.63, 3.8) is 0 Å². The third kappa shape index (κ3) is 4.04. The zero-order chi connectivity index (χ0) is 14.5. The minimum atomic E-state index is -0.421. The van der Waals surface area contributed by atoms with Gasteiger partial charge in [0.25, 0.3) is 5.91 Å². The molecule has 0 atom stereocenters. The van der Waals surface area contributed by atoms with Crippen LogP contribution in [-0.4, -0.2) is 27.8 Å². The van der Waals surface area contributed by atoms with Gasteiger partial charge in [-0.15, -0.1) is 10.2 Å². The second-order valence-electron chi connectivity index (χ2n) is 3.95. The van der Waals surface area contributed by atoms with Gasteiger partial charge in [0.2, 0.25) is 11.0 Å². The van der Waals surface area contributed by atoms with Gasteiger partial charge in [-0.05, 0) is 19.1 Å². The fourth-order valence-corrected chi connectivity index (χ4v) is 2.89. The number of carbonyl (C=O) groups is 2. The van der Waals surface area contributed by atoms with E-state index in [9.17, 15) is 9.59 Å². The molecule has 104 valence electrons. The van der Waals surface area contributed by atoms with Crippen molar-refractivity contribution in [3.8, 4) is 0 Å². The van der Waals surface area contributed by atoms with Gasteiger partial charge >= 0.3 is 0 Å². The molecule has 2 aromatic rings. The van der Waals surface area contributed by atoms with Crippen LogP contribution in [-0.2, 0) is 4.79 Å². The molecule has 1 heterocycles. The van der Waals surface area contributed by atoms with Crippen LogP contribution >= 0.6 is 23.1 Å². The summed E-state index contributed by atoms with van der Waals surface area (Å²) in [6.07, 6.45) is 0. The minimum Gasteiger partial charge on any atom is -0.369 e. The van der Waals surface area contributed by atoms with E-state index < -0.39 is 5.91 Å². The molecule has 0 aliphatic rings. The molecule has 0 bridgehead atoms. The maximum Gasteiger partial charge on any atom is 0.257 e. The number of hydrogen-bond donors (Lipinski definition) is 2. The summed E-state index contributed by atoms with van der Waals surface area (Å²) in [5, 5.41) is 10.8. The lowest BCUT2D eigenvalue weighted by Crippen LogP contribution is -2.12. The number of primary amides is 1. The number of nitrogens with zero attached hydrogens (tertiary/aromatic N) is 2. The van der Waals surface area contributed by atoms with Crippen molar-refractivity contribution < 1.29 is 9.59 Å². The quantitative estimate of drug-likeness (QED) is 0.647. The predicted molar refractivity (Wildman–Crippen MR) is 79.0 cm³/mol. The van der Waals surface area contributed by atoms with Gasteiger partial charge in [-0.3, -0.25) is 14.9 Å². The number of thioether (sulfide) groups is 1. The van der Waals surface area contributed by atoms with E-state index >= 15 is 0 Å². The summed E-state index contributed by atoms with van der Waals surface area (Å²) in [6.45, 7) is 1.92. The maximum absolute atomic E-state index is 12.0. The monoisotopic (exact) mass is 308 g/mol. The van der Waals surface area contributed by atoms with Crippen LogP contribution in [0.1, 0.15) is 15.9 Å². The van der Waals surface area contributed by atoms with Gasteiger partial charge in [-0.25, -0.2) is 0 Å². The van der Waals surface area contributed by atoms with Crippen molar-refractivity contribution >= 4 is 40.0 Å². The summed E-state index contributed by atoms with van der Waals surface area (Å²) in [6, 6.07) is 7.25. The third-order valence-corrected chi connectivity index (χ3v) is 4.24. The van der Waals surface area contributed by atoms with Gasteiger partial charge in [0.1, 0.15) is 0 Å². The van der Waals surface area contributed by atoms with Crippen LogP contribution in [0.4, 0.5) is 5.13 Å². The molecule has 8 heteroatoms. The number of benzene rings is 1. The predicted octanol–water partition coefficient (Wildman–Crippen LogP) is 1.68. The fraction of sp³-hybridized carbons (Fsp3) is 0.167. The average Bonchev–Trinajstić information content (AvgIpc) is 2.84. The van der Waals surface area contributed by atoms with E-state index in [2.05, 4.69) is 15.5 Å². The van der Waals surface area contributed by atoms with Gasteiger partial charge in [-0.2, -0.15) is 0 Å². The molecule has 0 unspecified atom stereocenters. The van der Waals surface area contributed by atoms with Crippen LogP contribution in [0.25, 0.3) is 0 Å². The highest BCUT2D eigenvalue weighted by atomic mass is 32.2. The van der Waals surface area contributed by atoms with Gasteiger partial charge in [0.15, 0.2) is 4.34 Å². The molecule has 0 saturated heterocycles. The Morgan fingerprint density at radius 3 is 2.90 bits per heavy atom. The minimum absolute atomic E-state index is 0.139. The first kappa shape index (κ1) is 14.5. The zero-order valence-electron chi connectivity index (χ0n) is 10.6. The third-order valence-electron chi connectivity index (χ3n) is 2.25. The maximum atomic E-state index is 12.0. The van der Waals surface area contributed by atoms with Gasteiger partial charge < -0.3 is 5.73 Å². The van der Waals surface area contributed by atoms with Crippen LogP contribution in [0, 0.1) is 6.92 Å². The van der Waals surface area contributed by atoms with Gasteiger partial charge in [-0.1, -0.05) is 40.8 Å². The van der Waals surface area contributed by atoms with Crippen molar-refractivity contribution in [3.05, 3.63) is 35.4 Å². The Hall–Kier alpha value is -1.93. The number of amides is 2. The summed E-state index contributed by atoms with van der Waals surface area (Å²) < 4.78 is 0.586. The van der Waals surface area contributed by atoms with Crippen LogP contribution in [0.3, 0.4) is 0 Å². The van der Waals surface area contributed by atoms with Crippen molar-refractivity contribution in [2.75, 3.05) is 11.1 Å². The van der Waals surface area contributed by atoms with Crippen LogP contribution in [0.2, 0.25) is 0 Å². The second kappa shape index (κ2) is 6.49. The summed E-state index contributed by atoms with van der Waals surface area (Å²) in [4.78, 5) is 22.7. The van der Waals surface area contributed by atoms with Crippen LogP contribution in [0.5, 0.6) is 0 Å². The van der Waals surface area contributed by atoms with Crippen LogP contribution in [0.15, 0.2) is 28.6 Å². The number of rotatable bonds is 5. The molecule has 1 aromatic heterocycles. The molecule has 6 nitrogen and oxygen atoms in total. The molecule has 0 spiro atoms. The average molecular weight is 308 g/mol. The van der Waals surface area contributed by atoms with Gasteiger partial charge in [0.05, 0.1) is 5.75 Å². The number of carbonyl (C=O) groups excluding carboxylic acids is 2. The molecule has 0 aliphatic heterocycles. The van der Waals surface area contributed by atoms with Crippen molar-refractivity contribution in [2.24, 2.45) is 5.73 Å². The lowest BCUT2D eigenvalue weighted by molar-refractivity contribution is -0.115. The fourth-order valence-electron chi connectivity index (χ4n) is 1.41. The normalized spacial score (nSPS) is 10.2. The van der Waals surface area contributed by atoms with Crippen molar-refractivity contribution in [2.45, 2.75) is 11.3 Å². The van der Waals surface area contributed by atoms with E-state index in [1.807, 2.05) is 19.1 Å². The molecule has 2 amide bonds. The SMILES string of the molecule is Cc1cccc(C(=O)Nc2nnc(SCC(N)=O)s2)c1. The molecule has 0 aliphatic carbocycles. The Morgan fingerprint density at radius 2 is 2.20 bits per heavy atom. The highest BCUT2D eigenvalue weighted by Gasteiger charge is 2.11. The molecule has 1 aromatic carbocycles. The first-order chi connectivity index (χ1) is 9.54. The molecule has 20 heavy (non-hydrogen) atoms. The summed E-state index contributed by atoms with van der Waals surface area (Å²) >= 11 is 2.40. The molecule has 0 radical (unpaired) electrons. The van der Waals surface area contributed by atoms with Crippen molar-refractivity contribution in [1.29, 1.82) is 0 Å². The summed E-state index contributed by atoms with van der Waals surface area (Å²) in [5.74, 6) is -0.521. The highest BCUT2D eigenvalue weighted by molar-refractivity contribution is 8.01. The first-order valence-electron chi connectivity index (χ1n) is 5.67. The van der Waals surface area contributed by atoms with E-state index in [4.69, 9.17) is 5.73 Å². The Labute approximate surface area is 123 Å². The van der Waals surface area contributed by atoms with E-state index in [0.717, 1.165) is 5.56 Å². The van der Waals surface area contributed by atoms with E-state index in [0.29, 0.717) is 15.0 Å². The molecule has 0 fully saturated rings. The molecule has 3 N–H and O–H groups in total. The number of anilines is 1. The topological polar surface area (TPSA) is 98.0 Å². The Morgan fingerprint density at radius 1 is 1.40 bits per heavy atom. The molecular formula is C12H12N4O2S2. The standard InChI is InChI=1S/C12H12N4O2S2/c1-7-3-2-4-8(5-7)10(18)14-11-15-16-12(20-11)19-6-9(13)17/h2-5H,6H2,1H3,(H2,13,17)(H,14,15,18). The largest absolute Gasteiger partial charge is 0.369 e. The summed E-state index contributed by atoms with van der Waals surface area (Å²) in [5.41, 5.74) is 6.61. The lowest BCUT2D eigenvalue weighted by Gasteiger charge is -2.01. The smallest absolute Gasteiger partial charge is 0.257 e. The summed E-state index contributed by atoms with van der Waals surface area (Å²) in [7, 11) is 0. The Kier molecular flexibility index (Phi) is 4.70. The number of aromatic nitrogens is 2. The number of nitrogens with one attached hydrogen (secondary N) is 1. The number of aryl methyl sites for hydroxylation is 1. The molecule has 0 saturated carbocycles. The number of hydrogen-bond acceptors (Lipinski definition) is 6. The van der Waals surface area contributed by atoms with E-state index in [-0.39, 0.29) is 11.7 Å². The lowest BCUT2D eigenvalue weighted by atomic mass is 10.1. The zero-order valence-corrected chi connectivity index (χ0v) is 12.3. The molecule has 2 rings (SSSR count). The molecular weight excluding hydrogens is 296 g/mol. The van der Waals surface area contributed by atoms with E-state index in [1.165, 1.54) is 23.1 Å². The van der Waals surface area contributed by atoms with Crippen LogP contribution < -0.4 is 11.1 Å². The van der Waals surface area contributed by atoms with E-state index in [1.54, 1.807) is 12.1 Å².